The smallest absolute Gasteiger partial charge is 0.130 e. The highest BCUT2D eigenvalue weighted by atomic mass is 17.2. The minimum Gasteiger partial charge on any atom is -0.393 e. The average molecular weight is 417 g/mol. The van der Waals surface area contributed by atoms with Crippen molar-refractivity contribution in [1.29, 1.82) is 0 Å². The summed E-state index contributed by atoms with van der Waals surface area (Å²) in [6.45, 7) is 12.2. The Kier molecular flexibility index (Phi) is 5.05. The molecule has 0 amide bonds. The van der Waals surface area contributed by atoms with E-state index in [1.54, 1.807) is 0 Å². The molecule has 3 saturated carbocycles. The van der Waals surface area contributed by atoms with Crippen LogP contribution in [0.1, 0.15) is 98.8 Å². The minimum absolute atomic E-state index is 0.0848. The molecule has 0 aromatic rings. The van der Waals surface area contributed by atoms with Gasteiger partial charge in [-0.05, 0) is 67.8 Å². The monoisotopic (exact) mass is 416 g/mol. The minimum atomic E-state index is -0.424. The number of hydrogen-bond donors (Lipinski definition) is 1. The summed E-state index contributed by atoms with van der Waals surface area (Å²) >= 11 is 0. The number of aliphatic hydroxyl groups is 1. The molecular weight excluding hydrogens is 372 g/mol. The molecule has 3 heteroatoms. The number of aliphatic hydroxyl groups excluding tert-OH is 1. The van der Waals surface area contributed by atoms with Crippen LogP contribution in [0.3, 0.4) is 0 Å². The molecule has 6 unspecified atom stereocenters. The summed E-state index contributed by atoms with van der Waals surface area (Å²) in [5, 5.41) is 10.4. The van der Waals surface area contributed by atoms with Gasteiger partial charge in [0.15, 0.2) is 0 Å². The highest BCUT2D eigenvalue weighted by Gasteiger charge is 2.74. The van der Waals surface area contributed by atoms with Gasteiger partial charge in [-0.25, -0.2) is 9.78 Å². The van der Waals surface area contributed by atoms with E-state index in [4.69, 9.17) is 9.78 Å². The van der Waals surface area contributed by atoms with Gasteiger partial charge in [-0.1, -0.05) is 60.0 Å². The van der Waals surface area contributed by atoms with Gasteiger partial charge in [0.2, 0.25) is 0 Å². The topological polar surface area (TPSA) is 38.7 Å². The van der Waals surface area contributed by atoms with E-state index in [1.165, 1.54) is 44.9 Å². The molecule has 3 nitrogen and oxygen atoms in total. The van der Waals surface area contributed by atoms with Crippen LogP contribution in [0.15, 0.2) is 12.2 Å². The van der Waals surface area contributed by atoms with E-state index in [2.05, 4.69) is 46.8 Å². The van der Waals surface area contributed by atoms with E-state index in [9.17, 15) is 5.11 Å². The van der Waals surface area contributed by atoms with Crippen molar-refractivity contribution in [2.24, 2.45) is 40.4 Å². The van der Waals surface area contributed by atoms with Gasteiger partial charge in [0, 0.05) is 23.7 Å². The Balaban J connectivity index is 1.42. The van der Waals surface area contributed by atoms with Crippen LogP contribution in [0.4, 0.5) is 0 Å². The van der Waals surface area contributed by atoms with Gasteiger partial charge in [-0.2, -0.15) is 0 Å². The van der Waals surface area contributed by atoms with Crippen LogP contribution in [-0.2, 0) is 9.78 Å². The van der Waals surface area contributed by atoms with Crippen LogP contribution < -0.4 is 0 Å². The lowest BCUT2D eigenvalue weighted by Crippen LogP contribution is -2.73. The van der Waals surface area contributed by atoms with Crippen molar-refractivity contribution in [3.63, 3.8) is 0 Å². The summed E-state index contributed by atoms with van der Waals surface area (Å²) in [5.41, 5.74) is -0.240. The molecule has 2 spiro atoms. The summed E-state index contributed by atoms with van der Waals surface area (Å²) in [7, 11) is 0. The summed E-state index contributed by atoms with van der Waals surface area (Å²) in [6, 6.07) is 0. The zero-order chi connectivity index (χ0) is 21.4. The molecule has 0 radical (unpaired) electrons. The first-order valence-corrected chi connectivity index (χ1v) is 12.9. The van der Waals surface area contributed by atoms with E-state index in [-0.39, 0.29) is 17.1 Å². The number of fused-ring (bicyclic) bond motifs is 2. The van der Waals surface area contributed by atoms with Crippen LogP contribution in [0.5, 0.6) is 0 Å². The van der Waals surface area contributed by atoms with Crippen molar-refractivity contribution in [1.82, 2.24) is 0 Å². The molecule has 9 atom stereocenters. The van der Waals surface area contributed by atoms with Crippen molar-refractivity contribution >= 4 is 0 Å². The van der Waals surface area contributed by atoms with Gasteiger partial charge in [0.05, 0.1) is 6.10 Å². The number of rotatable bonds is 5. The maximum Gasteiger partial charge on any atom is 0.130 e. The summed E-state index contributed by atoms with van der Waals surface area (Å²) in [5.74, 6) is 3.48. The fourth-order valence-electron chi connectivity index (χ4n) is 9.12. The largest absolute Gasteiger partial charge is 0.393 e. The van der Waals surface area contributed by atoms with Crippen molar-refractivity contribution in [3.8, 4) is 0 Å². The summed E-state index contributed by atoms with van der Waals surface area (Å²) in [6.07, 6.45) is 16.4. The molecule has 1 N–H and O–H groups in total. The van der Waals surface area contributed by atoms with Crippen LogP contribution in [0.2, 0.25) is 0 Å². The molecular formula is C27H44O3. The molecule has 1 saturated heterocycles. The quantitative estimate of drug-likeness (QED) is 0.413. The predicted molar refractivity (Wildman–Crippen MR) is 120 cm³/mol. The summed E-state index contributed by atoms with van der Waals surface area (Å²) < 4.78 is 0. The zero-order valence-electron chi connectivity index (χ0n) is 20.0. The molecule has 170 valence electrons. The third-order valence-electron chi connectivity index (χ3n) is 10.8. The summed E-state index contributed by atoms with van der Waals surface area (Å²) in [4.78, 5) is 12.8. The molecule has 2 aliphatic heterocycles. The van der Waals surface area contributed by atoms with E-state index in [1.807, 2.05) is 0 Å². The SMILES string of the molecule is CC(C)CCCC(C)C1CCC2C1(C)CCC1C3(C)CC[C@H](O)C[C@]34C=C[C@]21OO4. The Morgan fingerprint density at radius 2 is 1.73 bits per heavy atom. The van der Waals surface area contributed by atoms with Crippen molar-refractivity contribution in [2.75, 3.05) is 0 Å². The van der Waals surface area contributed by atoms with Crippen LogP contribution in [0.25, 0.3) is 0 Å². The Labute approximate surface area is 183 Å². The third-order valence-corrected chi connectivity index (χ3v) is 10.8. The fraction of sp³-hybridized carbons (Fsp3) is 0.926. The third kappa shape index (κ3) is 2.73. The van der Waals surface area contributed by atoms with Gasteiger partial charge in [0.25, 0.3) is 0 Å². The van der Waals surface area contributed by atoms with Gasteiger partial charge in [-0.3, -0.25) is 0 Å². The normalized spacial score (nSPS) is 52.8. The Bertz CT molecular complexity index is 702. The molecule has 6 aliphatic rings. The first-order valence-electron chi connectivity index (χ1n) is 12.9. The molecule has 6 rings (SSSR count). The molecule has 30 heavy (non-hydrogen) atoms. The van der Waals surface area contributed by atoms with Crippen molar-refractivity contribution < 1.29 is 14.9 Å². The highest BCUT2D eigenvalue weighted by Crippen LogP contribution is 2.72. The van der Waals surface area contributed by atoms with Gasteiger partial charge >= 0.3 is 0 Å². The van der Waals surface area contributed by atoms with Gasteiger partial charge in [0.1, 0.15) is 11.2 Å². The lowest BCUT2D eigenvalue weighted by molar-refractivity contribution is -0.497. The van der Waals surface area contributed by atoms with E-state index in [0.717, 1.165) is 30.6 Å². The standard InChI is InChI=1S/C27H44O3/c1-18(2)7-6-8-19(3)21-9-10-22-24(21,4)13-12-23-25(5)14-11-20(28)17-26(25)15-16-27(22,23)30-29-26/h15-16,18-23,28H,6-14,17H2,1-5H3/t19?,20-,21?,22?,23?,24?,25?,26+,27-/m0/s1. The molecule has 4 aliphatic carbocycles. The first-order chi connectivity index (χ1) is 14.2. The Hall–Kier alpha value is -0.380. The average Bonchev–Trinajstić information content (AvgIpc) is 3.05. The van der Waals surface area contributed by atoms with Crippen LogP contribution >= 0.6 is 0 Å². The molecule has 0 aromatic heterocycles. The lowest BCUT2D eigenvalue weighted by atomic mass is 9.42. The van der Waals surface area contributed by atoms with Gasteiger partial charge < -0.3 is 5.11 Å². The molecule has 0 aromatic carbocycles. The van der Waals surface area contributed by atoms with E-state index < -0.39 is 5.60 Å². The maximum atomic E-state index is 10.4. The first kappa shape index (κ1) is 21.5. The van der Waals surface area contributed by atoms with Gasteiger partial charge in [-0.15, -0.1) is 0 Å². The second-order valence-electron chi connectivity index (χ2n) is 12.7. The van der Waals surface area contributed by atoms with Crippen molar-refractivity contribution in [3.05, 3.63) is 12.2 Å². The highest BCUT2D eigenvalue weighted by molar-refractivity contribution is 5.33. The maximum absolute atomic E-state index is 10.4. The number of hydrogen-bond acceptors (Lipinski definition) is 3. The van der Waals surface area contributed by atoms with E-state index >= 15 is 0 Å². The zero-order valence-corrected chi connectivity index (χ0v) is 20.0. The molecule has 2 bridgehead atoms. The lowest BCUT2D eigenvalue weighted by Gasteiger charge is -2.69. The molecule has 4 fully saturated rings. The fourth-order valence-corrected chi connectivity index (χ4v) is 9.12. The Morgan fingerprint density at radius 1 is 0.933 bits per heavy atom. The van der Waals surface area contributed by atoms with Crippen molar-refractivity contribution in [2.45, 2.75) is 116 Å². The van der Waals surface area contributed by atoms with Crippen LogP contribution in [-0.4, -0.2) is 22.4 Å². The Morgan fingerprint density at radius 3 is 2.43 bits per heavy atom. The second-order valence-corrected chi connectivity index (χ2v) is 12.7. The second kappa shape index (κ2) is 7.06. The molecule has 2 heterocycles. The van der Waals surface area contributed by atoms with E-state index in [0.29, 0.717) is 23.7 Å². The predicted octanol–water partition coefficient (Wildman–Crippen LogP) is 6.45. The van der Waals surface area contributed by atoms with Crippen LogP contribution in [0, 0.1) is 40.4 Å².